The van der Waals surface area contributed by atoms with Crippen molar-refractivity contribution < 1.29 is 13.9 Å². The Morgan fingerprint density at radius 2 is 2.07 bits per heavy atom. The molecule has 0 aliphatic heterocycles. The van der Waals surface area contributed by atoms with Gasteiger partial charge in [-0.1, -0.05) is 0 Å². The summed E-state index contributed by atoms with van der Waals surface area (Å²) in [6, 6.07) is 3.87. The van der Waals surface area contributed by atoms with Gasteiger partial charge in [-0.3, -0.25) is 0 Å². The third-order valence-corrected chi connectivity index (χ3v) is 5.55. The number of nitrogens with zero attached hydrogens (tertiary/aromatic N) is 6. The van der Waals surface area contributed by atoms with Crippen LogP contribution in [0.2, 0.25) is 0 Å². The number of rotatable bonds is 5. The standard InChI is InChI=1S/C20H21F2N7O/c1-11-25-18-15(28(11)10-17(21)22)5-12(8-23-18)14-3-4-29-16(14)9-24-19(27-29)26-13-6-20(2,30)7-13/h3-5,8-9,13,17,30H,6-7,10H2,1-2H3,(H,26,27)/t13-,20+. The Hall–Kier alpha value is -3.14. The van der Waals surface area contributed by atoms with E-state index in [0.717, 1.165) is 16.6 Å². The van der Waals surface area contributed by atoms with Crippen molar-refractivity contribution in [3.05, 3.63) is 36.5 Å². The van der Waals surface area contributed by atoms with E-state index in [4.69, 9.17) is 0 Å². The lowest BCUT2D eigenvalue weighted by Crippen LogP contribution is -2.48. The summed E-state index contributed by atoms with van der Waals surface area (Å²) in [5.74, 6) is 0.995. The number of imidazole rings is 1. The molecule has 0 bridgehead atoms. The first-order chi connectivity index (χ1) is 14.3. The molecule has 2 N–H and O–H groups in total. The molecule has 1 aliphatic rings. The molecule has 4 heterocycles. The minimum atomic E-state index is -2.47. The summed E-state index contributed by atoms with van der Waals surface area (Å²) in [5, 5.41) is 17.6. The van der Waals surface area contributed by atoms with Gasteiger partial charge in [0.15, 0.2) is 5.65 Å². The van der Waals surface area contributed by atoms with Crippen LogP contribution >= 0.6 is 0 Å². The molecule has 1 saturated carbocycles. The highest BCUT2D eigenvalue weighted by molar-refractivity contribution is 5.85. The highest BCUT2D eigenvalue weighted by atomic mass is 19.3. The number of anilines is 1. The first-order valence-electron chi connectivity index (χ1n) is 9.74. The number of halogens is 2. The number of fused-ring (bicyclic) bond motifs is 2. The number of aromatic nitrogens is 6. The van der Waals surface area contributed by atoms with Crippen LogP contribution in [0.15, 0.2) is 30.7 Å². The average Bonchev–Trinajstić information content (AvgIpc) is 3.20. The summed E-state index contributed by atoms with van der Waals surface area (Å²) < 4.78 is 29.2. The molecule has 0 saturated heterocycles. The number of aryl methyl sites for hydroxylation is 1. The zero-order valence-corrected chi connectivity index (χ0v) is 16.5. The monoisotopic (exact) mass is 413 g/mol. The minimum Gasteiger partial charge on any atom is -0.390 e. The fourth-order valence-corrected chi connectivity index (χ4v) is 4.13. The maximum Gasteiger partial charge on any atom is 0.256 e. The van der Waals surface area contributed by atoms with Gasteiger partial charge in [0, 0.05) is 29.6 Å². The number of aliphatic hydroxyl groups is 1. The molecule has 0 unspecified atom stereocenters. The topological polar surface area (TPSA) is 93.2 Å². The number of hydrogen-bond acceptors (Lipinski definition) is 6. The van der Waals surface area contributed by atoms with Gasteiger partial charge in [0.25, 0.3) is 6.43 Å². The van der Waals surface area contributed by atoms with E-state index in [1.165, 1.54) is 4.57 Å². The lowest BCUT2D eigenvalue weighted by Gasteiger charge is -2.41. The zero-order chi connectivity index (χ0) is 21.0. The number of hydrogen-bond donors (Lipinski definition) is 2. The Kier molecular flexibility index (Phi) is 4.21. The molecule has 1 aliphatic carbocycles. The highest BCUT2D eigenvalue weighted by Crippen LogP contribution is 2.33. The van der Waals surface area contributed by atoms with Crippen LogP contribution in [0.25, 0.3) is 27.8 Å². The normalized spacial score (nSPS) is 21.5. The van der Waals surface area contributed by atoms with Crippen molar-refractivity contribution in [2.75, 3.05) is 5.32 Å². The second-order valence-electron chi connectivity index (χ2n) is 8.11. The van der Waals surface area contributed by atoms with Gasteiger partial charge in [-0.15, -0.1) is 5.10 Å². The Morgan fingerprint density at radius 1 is 1.27 bits per heavy atom. The molecule has 0 spiro atoms. The summed E-state index contributed by atoms with van der Waals surface area (Å²) >= 11 is 0. The van der Waals surface area contributed by atoms with Crippen LogP contribution in [-0.4, -0.2) is 52.3 Å². The van der Waals surface area contributed by atoms with Crippen LogP contribution in [0.5, 0.6) is 0 Å². The summed E-state index contributed by atoms with van der Waals surface area (Å²) in [5.41, 5.74) is 2.80. The van der Waals surface area contributed by atoms with Gasteiger partial charge < -0.3 is 15.0 Å². The molecule has 0 aromatic carbocycles. The molecular formula is C20H21F2N7O. The Bertz CT molecular complexity index is 1240. The quantitative estimate of drug-likeness (QED) is 0.522. The van der Waals surface area contributed by atoms with Gasteiger partial charge in [0.1, 0.15) is 5.82 Å². The van der Waals surface area contributed by atoms with E-state index in [-0.39, 0.29) is 6.04 Å². The Balaban J connectivity index is 1.48. The smallest absolute Gasteiger partial charge is 0.256 e. The molecule has 156 valence electrons. The van der Waals surface area contributed by atoms with Crippen molar-refractivity contribution in [2.24, 2.45) is 0 Å². The Labute approximate surface area is 170 Å². The van der Waals surface area contributed by atoms with E-state index in [1.807, 2.05) is 25.3 Å². The molecule has 0 radical (unpaired) electrons. The van der Waals surface area contributed by atoms with Crippen molar-refractivity contribution in [3.63, 3.8) is 0 Å². The summed E-state index contributed by atoms with van der Waals surface area (Å²) in [4.78, 5) is 13.0. The molecule has 0 atom stereocenters. The fourth-order valence-electron chi connectivity index (χ4n) is 4.13. The van der Waals surface area contributed by atoms with Crippen LogP contribution in [-0.2, 0) is 6.54 Å². The molecule has 8 nitrogen and oxygen atoms in total. The summed E-state index contributed by atoms with van der Waals surface area (Å²) in [6.45, 7) is 3.09. The third-order valence-electron chi connectivity index (χ3n) is 5.55. The van der Waals surface area contributed by atoms with Gasteiger partial charge in [0.05, 0.1) is 29.4 Å². The molecule has 10 heteroatoms. The van der Waals surface area contributed by atoms with E-state index < -0.39 is 18.6 Å². The fraction of sp³-hybridized carbons (Fsp3) is 0.400. The van der Waals surface area contributed by atoms with Gasteiger partial charge in [-0.05, 0) is 38.8 Å². The van der Waals surface area contributed by atoms with Crippen LogP contribution < -0.4 is 5.32 Å². The van der Waals surface area contributed by atoms with E-state index in [1.54, 1.807) is 23.8 Å². The zero-order valence-electron chi connectivity index (χ0n) is 16.5. The van der Waals surface area contributed by atoms with Gasteiger partial charge in [-0.2, -0.15) is 0 Å². The van der Waals surface area contributed by atoms with Crippen molar-refractivity contribution in [2.45, 2.75) is 51.3 Å². The van der Waals surface area contributed by atoms with Crippen molar-refractivity contribution in [3.8, 4) is 11.1 Å². The lowest BCUT2D eigenvalue weighted by atomic mass is 9.77. The van der Waals surface area contributed by atoms with Crippen LogP contribution in [0.1, 0.15) is 25.6 Å². The summed E-state index contributed by atoms with van der Waals surface area (Å²) in [6.07, 6.45) is 4.05. The second-order valence-corrected chi connectivity index (χ2v) is 8.11. The molecule has 4 aromatic rings. The van der Waals surface area contributed by atoms with E-state index >= 15 is 0 Å². The number of pyridine rings is 1. The van der Waals surface area contributed by atoms with Crippen LogP contribution in [0.4, 0.5) is 14.7 Å². The SMILES string of the molecule is Cc1nc2ncc(-c3ccn4nc(N[C@H]5C[C@@](C)(O)C5)ncc34)cc2n1CC(F)F. The molecule has 30 heavy (non-hydrogen) atoms. The van der Waals surface area contributed by atoms with Crippen molar-refractivity contribution in [1.29, 1.82) is 0 Å². The third kappa shape index (κ3) is 3.26. The predicted octanol–water partition coefficient (Wildman–Crippen LogP) is 3.04. The highest BCUT2D eigenvalue weighted by Gasteiger charge is 2.38. The maximum atomic E-state index is 13.0. The van der Waals surface area contributed by atoms with Gasteiger partial charge in [0.2, 0.25) is 5.95 Å². The van der Waals surface area contributed by atoms with E-state index in [2.05, 4.69) is 25.4 Å². The molecule has 1 fully saturated rings. The first-order valence-corrected chi connectivity index (χ1v) is 9.74. The van der Waals surface area contributed by atoms with Crippen LogP contribution in [0.3, 0.4) is 0 Å². The number of alkyl halides is 2. The minimum absolute atomic E-state index is 0.150. The Morgan fingerprint density at radius 3 is 2.80 bits per heavy atom. The molecular weight excluding hydrogens is 392 g/mol. The predicted molar refractivity (Wildman–Crippen MR) is 108 cm³/mol. The van der Waals surface area contributed by atoms with Crippen LogP contribution in [0, 0.1) is 6.92 Å². The molecule has 5 rings (SSSR count). The molecule has 4 aromatic heterocycles. The van der Waals surface area contributed by atoms with E-state index in [9.17, 15) is 13.9 Å². The largest absolute Gasteiger partial charge is 0.390 e. The van der Waals surface area contributed by atoms with E-state index in [0.29, 0.717) is 35.8 Å². The first kappa shape index (κ1) is 18.9. The average molecular weight is 413 g/mol. The van der Waals surface area contributed by atoms with Gasteiger partial charge >= 0.3 is 0 Å². The van der Waals surface area contributed by atoms with Crippen molar-refractivity contribution >= 4 is 22.6 Å². The second kappa shape index (κ2) is 6.69. The summed E-state index contributed by atoms with van der Waals surface area (Å²) in [7, 11) is 0. The molecule has 0 amide bonds. The van der Waals surface area contributed by atoms with Crippen molar-refractivity contribution in [1.82, 2.24) is 29.1 Å². The number of nitrogens with one attached hydrogen (secondary N) is 1. The lowest BCUT2D eigenvalue weighted by molar-refractivity contribution is -0.0236. The maximum absolute atomic E-state index is 13.0. The van der Waals surface area contributed by atoms with Gasteiger partial charge in [-0.25, -0.2) is 28.2 Å².